The van der Waals surface area contributed by atoms with Crippen LogP contribution in [0.5, 0.6) is 0 Å². The summed E-state index contributed by atoms with van der Waals surface area (Å²) in [5, 5.41) is 11.0. The molecule has 1 aliphatic carbocycles. The van der Waals surface area contributed by atoms with E-state index in [1.165, 1.54) is 12.1 Å². The van der Waals surface area contributed by atoms with Gasteiger partial charge >= 0.3 is 0 Å². The van der Waals surface area contributed by atoms with Crippen molar-refractivity contribution in [1.82, 2.24) is 4.90 Å². The smallest absolute Gasteiger partial charge is 0.292 e. The van der Waals surface area contributed by atoms with Crippen LogP contribution in [0.4, 0.5) is 11.4 Å². The van der Waals surface area contributed by atoms with Crippen LogP contribution in [0.15, 0.2) is 46.9 Å². The Bertz CT molecular complexity index is 805. The number of benzene rings is 2. The van der Waals surface area contributed by atoms with Gasteiger partial charge in [0.1, 0.15) is 5.69 Å². The second-order valence-electron chi connectivity index (χ2n) is 5.82. The number of carbonyl (C=O) groups is 1. The van der Waals surface area contributed by atoms with Crippen LogP contribution in [0.1, 0.15) is 28.8 Å². The lowest BCUT2D eigenvalue weighted by atomic mass is 10.1. The molecule has 1 aliphatic rings. The van der Waals surface area contributed by atoms with Crippen LogP contribution < -0.4 is 5.73 Å². The Morgan fingerprint density at radius 1 is 1.29 bits per heavy atom. The normalized spacial score (nSPS) is 13.5. The molecule has 0 aliphatic heterocycles. The van der Waals surface area contributed by atoms with E-state index in [1.54, 1.807) is 11.0 Å². The fourth-order valence-electron chi connectivity index (χ4n) is 2.59. The molecule has 2 aromatic rings. The van der Waals surface area contributed by atoms with Crippen molar-refractivity contribution in [1.29, 1.82) is 0 Å². The number of nitrogen functional groups attached to an aromatic ring is 1. The molecule has 124 valence electrons. The number of nitro benzene ring substituents is 1. The van der Waals surface area contributed by atoms with Gasteiger partial charge in [0.2, 0.25) is 0 Å². The van der Waals surface area contributed by atoms with E-state index in [1.807, 2.05) is 24.3 Å². The number of nitro groups is 1. The van der Waals surface area contributed by atoms with Gasteiger partial charge in [-0.3, -0.25) is 14.9 Å². The highest BCUT2D eigenvalue weighted by Crippen LogP contribution is 2.31. The summed E-state index contributed by atoms with van der Waals surface area (Å²) in [4.78, 5) is 25.1. The SMILES string of the molecule is Nc1ccc(C(=O)N(Cc2cccc(Br)c2)C2CC2)cc1[N+](=O)[O-]. The molecule has 0 aromatic heterocycles. The largest absolute Gasteiger partial charge is 0.393 e. The molecule has 0 saturated heterocycles. The second kappa shape index (κ2) is 6.60. The van der Waals surface area contributed by atoms with Crippen LogP contribution in [-0.4, -0.2) is 21.8 Å². The van der Waals surface area contributed by atoms with Crippen LogP contribution in [0, 0.1) is 10.1 Å². The van der Waals surface area contributed by atoms with Crippen molar-refractivity contribution in [2.45, 2.75) is 25.4 Å². The van der Waals surface area contributed by atoms with E-state index in [-0.39, 0.29) is 28.9 Å². The Morgan fingerprint density at radius 2 is 2.04 bits per heavy atom. The Balaban J connectivity index is 1.88. The van der Waals surface area contributed by atoms with Gasteiger partial charge in [0.15, 0.2) is 0 Å². The average molecular weight is 390 g/mol. The van der Waals surface area contributed by atoms with Gasteiger partial charge in [-0.05, 0) is 42.7 Å². The van der Waals surface area contributed by atoms with E-state index < -0.39 is 4.92 Å². The highest BCUT2D eigenvalue weighted by atomic mass is 79.9. The first-order chi connectivity index (χ1) is 11.5. The second-order valence-corrected chi connectivity index (χ2v) is 6.74. The van der Waals surface area contributed by atoms with Gasteiger partial charge in [-0.25, -0.2) is 0 Å². The summed E-state index contributed by atoms with van der Waals surface area (Å²) in [6.45, 7) is 0.473. The molecule has 6 nitrogen and oxygen atoms in total. The number of nitrogens with two attached hydrogens (primary N) is 1. The first kappa shape index (κ1) is 16.4. The van der Waals surface area contributed by atoms with Crippen LogP contribution in [0.25, 0.3) is 0 Å². The maximum absolute atomic E-state index is 12.9. The summed E-state index contributed by atoms with van der Waals surface area (Å²) in [6, 6.07) is 12.2. The van der Waals surface area contributed by atoms with Crippen molar-refractivity contribution in [3.8, 4) is 0 Å². The number of amides is 1. The number of carbonyl (C=O) groups excluding carboxylic acids is 1. The van der Waals surface area contributed by atoms with Gasteiger partial charge in [0.05, 0.1) is 4.92 Å². The van der Waals surface area contributed by atoms with E-state index in [2.05, 4.69) is 15.9 Å². The molecule has 0 radical (unpaired) electrons. The molecule has 1 fully saturated rings. The van der Waals surface area contributed by atoms with Crippen molar-refractivity contribution in [2.75, 3.05) is 5.73 Å². The molecular formula is C17H16BrN3O3. The van der Waals surface area contributed by atoms with Crippen molar-refractivity contribution in [2.24, 2.45) is 0 Å². The fourth-order valence-corrected chi connectivity index (χ4v) is 3.03. The predicted octanol–water partition coefficient (Wildman–Crippen LogP) is 3.74. The van der Waals surface area contributed by atoms with Crippen LogP contribution in [-0.2, 0) is 6.54 Å². The molecule has 7 heteroatoms. The van der Waals surface area contributed by atoms with Crippen LogP contribution in [0.3, 0.4) is 0 Å². The number of anilines is 1. The lowest BCUT2D eigenvalue weighted by molar-refractivity contribution is -0.383. The zero-order valence-corrected chi connectivity index (χ0v) is 14.4. The average Bonchev–Trinajstić information content (AvgIpc) is 3.37. The Morgan fingerprint density at radius 3 is 2.67 bits per heavy atom. The quantitative estimate of drug-likeness (QED) is 0.479. The zero-order chi connectivity index (χ0) is 17.3. The van der Waals surface area contributed by atoms with Gasteiger partial charge in [-0.1, -0.05) is 28.1 Å². The first-order valence-corrected chi connectivity index (χ1v) is 8.34. The Labute approximate surface area is 147 Å². The van der Waals surface area contributed by atoms with E-state index >= 15 is 0 Å². The highest BCUT2D eigenvalue weighted by Gasteiger charge is 2.33. The molecule has 0 bridgehead atoms. The molecule has 0 unspecified atom stereocenters. The van der Waals surface area contributed by atoms with Crippen LogP contribution >= 0.6 is 15.9 Å². The minimum absolute atomic E-state index is 0.0570. The molecule has 2 N–H and O–H groups in total. The highest BCUT2D eigenvalue weighted by molar-refractivity contribution is 9.10. The fraction of sp³-hybridized carbons (Fsp3) is 0.235. The molecule has 1 amide bonds. The standard InChI is InChI=1S/C17H16BrN3O3/c18-13-3-1-2-11(8-13)10-20(14-5-6-14)17(22)12-4-7-15(19)16(9-12)21(23)24/h1-4,7-9,14H,5-6,10,19H2. The molecule has 0 spiro atoms. The minimum atomic E-state index is -0.568. The van der Waals surface area contributed by atoms with E-state index in [0.29, 0.717) is 6.54 Å². The van der Waals surface area contributed by atoms with Crippen molar-refractivity contribution in [3.05, 3.63) is 68.2 Å². The molecule has 0 atom stereocenters. The van der Waals surface area contributed by atoms with Crippen molar-refractivity contribution >= 4 is 33.2 Å². The molecule has 24 heavy (non-hydrogen) atoms. The van der Waals surface area contributed by atoms with Crippen molar-refractivity contribution < 1.29 is 9.72 Å². The van der Waals surface area contributed by atoms with Crippen LogP contribution in [0.2, 0.25) is 0 Å². The van der Waals surface area contributed by atoms with Gasteiger partial charge in [0.25, 0.3) is 11.6 Å². The third kappa shape index (κ3) is 3.56. The number of hydrogen-bond acceptors (Lipinski definition) is 4. The van der Waals surface area contributed by atoms with E-state index in [0.717, 1.165) is 22.9 Å². The van der Waals surface area contributed by atoms with E-state index in [4.69, 9.17) is 5.73 Å². The molecular weight excluding hydrogens is 374 g/mol. The van der Waals surface area contributed by atoms with E-state index in [9.17, 15) is 14.9 Å². The van der Waals surface area contributed by atoms with Gasteiger partial charge in [-0.2, -0.15) is 0 Å². The number of hydrogen-bond donors (Lipinski definition) is 1. The predicted molar refractivity (Wildman–Crippen MR) is 94.5 cm³/mol. The zero-order valence-electron chi connectivity index (χ0n) is 12.8. The summed E-state index contributed by atoms with van der Waals surface area (Å²) in [5.41, 5.74) is 6.73. The lowest BCUT2D eigenvalue weighted by Crippen LogP contribution is -2.32. The summed E-state index contributed by atoms with van der Waals surface area (Å²) >= 11 is 3.43. The first-order valence-electron chi connectivity index (χ1n) is 7.55. The van der Waals surface area contributed by atoms with Gasteiger partial charge < -0.3 is 10.6 Å². The number of nitrogens with zero attached hydrogens (tertiary/aromatic N) is 2. The summed E-state index contributed by atoms with van der Waals surface area (Å²) in [5.74, 6) is -0.208. The Hall–Kier alpha value is -2.41. The number of rotatable bonds is 5. The topological polar surface area (TPSA) is 89.5 Å². The van der Waals surface area contributed by atoms with Gasteiger partial charge in [-0.15, -0.1) is 0 Å². The third-order valence-corrected chi connectivity index (χ3v) is 4.46. The summed E-state index contributed by atoms with van der Waals surface area (Å²) < 4.78 is 0.950. The lowest BCUT2D eigenvalue weighted by Gasteiger charge is -2.23. The monoisotopic (exact) mass is 389 g/mol. The van der Waals surface area contributed by atoms with Crippen molar-refractivity contribution in [3.63, 3.8) is 0 Å². The molecule has 2 aromatic carbocycles. The molecule has 1 saturated carbocycles. The summed E-state index contributed by atoms with van der Waals surface area (Å²) in [6.07, 6.45) is 1.91. The molecule has 0 heterocycles. The summed E-state index contributed by atoms with van der Waals surface area (Å²) in [7, 11) is 0. The van der Waals surface area contributed by atoms with Gasteiger partial charge in [0, 0.05) is 28.7 Å². The molecule has 3 rings (SSSR count). The maximum atomic E-state index is 12.9. The third-order valence-electron chi connectivity index (χ3n) is 3.96. The maximum Gasteiger partial charge on any atom is 0.292 e. The Kier molecular flexibility index (Phi) is 4.53. The minimum Gasteiger partial charge on any atom is -0.393 e. The number of halogens is 1.